The molecule has 2 aromatic heterocycles. The molecule has 0 spiro atoms. The summed E-state index contributed by atoms with van der Waals surface area (Å²) in [5.41, 5.74) is 8.17. The number of nitrogens with one attached hydrogen (secondary N) is 3. The molecule has 2 saturated heterocycles. The highest BCUT2D eigenvalue weighted by Gasteiger charge is 2.55. The number of nitrogens with two attached hydrogens (primary N) is 1. The fourth-order valence-corrected chi connectivity index (χ4v) is 7.62. The van der Waals surface area contributed by atoms with E-state index >= 15 is 0 Å². The number of hydrogen-bond donors (Lipinski definition) is 5. The van der Waals surface area contributed by atoms with E-state index in [-0.39, 0.29) is 39.7 Å². The molecule has 2 aromatic rings. The van der Waals surface area contributed by atoms with Crippen molar-refractivity contribution in [2.75, 3.05) is 24.6 Å². The summed E-state index contributed by atoms with van der Waals surface area (Å²) in [6.07, 6.45) is 5.83. The van der Waals surface area contributed by atoms with Crippen LogP contribution in [0.25, 0.3) is 5.57 Å². The van der Waals surface area contributed by atoms with E-state index in [2.05, 4.69) is 25.8 Å². The minimum absolute atomic E-state index is 0.0911. The van der Waals surface area contributed by atoms with Gasteiger partial charge in [-0.15, -0.1) is 23.1 Å². The van der Waals surface area contributed by atoms with Crippen molar-refractivity contribution >= 4 is 57.3 Å². The number of aromatic nitrogens is 2. The molecule has 1 saturated carbocycles. The first-order chi connectivity index (χ1) is 20.3. The van der Waals surface area contributed by atoms with Gasteiger partial charge in [-0.3, -0.25) is 19.3 Å². The molecule has 1 aliphatic carbocycles. The Morgan fingerprint density at radius 3 is 2.74 bits per heavy atom. The molecule has 6 rings (SSSR count). The number of carboxylic acids is 1. The monoisotopic (exact) mass is 611 g/mol. The number of H-pyrrole nitrogens is 1. The van der Waals surface area contributed by atoms with E-state index < -0.39 is 29.2 Å². The van der Waals surface area contributed by atoms with Gasteiger partial charge in [-0.05, 0) is 61.4 Å². The van der Waals surface area contributed by atoms with Gasteiger partial charge in [-0.2, -0.15) is 0 Å². The lowest BCUT2D eigenvalue weighted by Crippen LogP contribution is -2.71. The van der Waals surface area contributed by atoms with Crippen LogP contribution in [0.2, 0.25) is 0 Å². The Kier molecular flexibility index (Phi) is 7.88. The van der Waals surface area contributed by atoms with Gasteiger partial charge in [0, 0.05) is 35.5 Å². The third-order valence-electron chi connectivity index (χ3n) is 7.69. The summed E-state index contributed by atoms with van der Waals surface area (Å²) in [5.74, 6) is -2.20. The van der Waals surface area contributed by atoms with Crippen LogP contribution in [0.1, 0.15) is 43.4 Å². The maximum atomic E-state index is 13.5. The maximum absolute atomic E-state index is 13.5. The molecule has 6 N–H and O–H groups in total. The zero-order valence-electron chi connectivity index (χ0n) is 22.4. The molecule has 220 valence electrons. The van der Waals surface area contributed by atoms with Crippen LogP contribution in [0.15, 0.2) is 50.5 Å². The smallest absolute Gasteiger partial charge is 0.352 e. The van der Waals surface area contributed by atoms with E-state index in [1.807, 2.05) is 0 Å². The number of carbonyl (C=O) groups excluding carboxylic acids is 2. The number of anilines is 1. The van der Waals surface area contributed by atoms with Crippen LogP contribution in [0.4, 0.5) is 5.13 Å². The molecule has 2 atom stereocenters. The standard InChI is InChI=1S/C27H29N7O6S2/c28-27-31-17(12-42-27)20(33-40-15-3-1-2-4-15)23(36)32-21-24(37)34-22(26(38)39)16(11-41-25(21)34)19(14-5-7-29-10-14)13-6-8-30-18(35)9-13/h6,8-9,12,15,21,25,29H,1-5,7,10-11H2,(H2,28,31)(H,30,35)(H,32,36)(H,38,39)/b19-14+,33-20-/t21-,25-/m1/s1. The van der Waals surface area contributed by atoms with Crippen LogP contribution in [-0.4, -0.2) is 79.8 Å². The van der Waals surface area contributed by atoms with Gasteiger partial charge in [-0.1, -0.05) is 5.16 Å². The Hall–Kier alpha value is -3.95. The van der Waals surface area contributed by atoms with Crippen molar-refractivity contribution in [1.29, 1.82) is 0 Å². The highest BCUT2D eigenvalue weighted by atomic mass is 32.2. The average molecular weight is 612 g/mol. The van der Waals surface area contributed by atoms with E-state index in [1.54, 1.807) is 11.4 Å². The summed E-state index contributed by atoms with van der Waals surface area (Å²) >= 11 is 2.50. The van der Waals surface area contributed by atoms with Crippen LogP contribution in [0.5, 0.6) is 0 Å². The number of carbonyl (C=O) groups is 3. The molecule has 0 unspecified atom stereocenters. The van der Waals surface area contributed by atoms with E-state index in [0.717, 1.165) is 49.1 Å². The second-order valence-corrected chi connectivity index (χ2v) is 12.4. The Labute approximate surface area is 248 Å². The number of β-lactam (4-membered cyclic amide) rings is 1. The normalized spacial score (nSPS) is 24.0. The molecule has 0 bridgehead atoms. The lowest BCUT2D eigenvalue weighted by Gasteiger charge is -2.49. The molecule has 0 radical (unpaired) electrons. The van der Waals surface area contributed by atoms with Crippen molar-refractivity contribution in [3.63, 3.8) is 0 Å². The third-order valence-corrected chi connectivity index (χ3v) is 9.65. The number of nitrogen functional groups attached to an aromatic ring is 1. The number of allylic oxidation sites excluding steroid dienone is 1. The third kappa shape index (κ3) is 5.34. The van der Waals surface area contributed by atoms with Gasteiger partial charge in [-0.25, -0.2) is 9.78 Å². The summed E-state index contributed by atoms with van der Waals surface area (Å²) in [7, 11) is 0. The minimum atomic E-state index is -1.26. The van der Waals surface area contributed by atoms with E-state index in [0.29, 0.717) is 29.7 Å². The fourth-order valence-electron chi connectivity index (χ4n) is 5.71. The maximum Gasteiger partial charge on any atom is 0.352 e. The van der Waals surface area contributed by atoms with Crippen LogP contribution >= 0.6 is 23.1 Å². The van der Waals surface area contributed by atoms with Crippen LogP contribution in [-0.2, 0) is 19.2 Å². The van der Waals surface area contributed by atoms with Gasteiger partial charge in [0.25, 0.3) is 11.8 Å². The van der Waals surface area contributed by atoms with E-state index in [9.17, 15) is 24.3 Å². The Morgan fingerprint density at radius 1 is 1.26 bits per heavy atom. The number of fused-ring (bicyclic) bond motifs is 1. The number of hydrogen-bond acceptors (Lipinski definition) is 11. The van der Waals surface area contributed by atoms with Crippen molar-refractivity contribution in [2.24, 2.45) is 5.16 Å². The zero-order chi connectivity index (χ0) is 29.4. The predicted octanol–water partition coefficient (Wildman–Crippen LogP) is 1.26. The molecule has 0 aromatic carbocycles. The predicted molar refractivity (Wildman–Crippen MR) is 158 cm³/mol. The van der Waals surface area contributed by atoms with Gasteiger partial charge < -0.3 is 31.3 Å². The number of oxime groups is 1. The van der Waals surface area contributed by atoms with Gasteiger partial charge in [0.2, 0.25) is 5.56 Å². The fraction of sp³-hybridized carbons (Fsp3) is 0.407. The number of aliphatic carboxylic acids is 1. The second kappa shape index (κ2) is 11.7. The lowest BCUT2D eigenvalue weighted by atomic mass is 9.90. The first-order valence-electron chi connectivity index (χ1n) is 13.6. The number of thiazole rings is 1. The van der Waals surface area contributed by atoms with Crippen molar-refractivity contribution in [2.45, 2.75) is 49.6 Å². The Morgan fingerprint density at radius 2 is 2.07 bits per heavy atom. The molecular weight excluding hydrogens is 582 g/mol. The van der Waals surface area contributed by atoms with E-state index in [4.69, 9.17) is 10.6 Å². The molecule has 13 nitrogen and oxygen atoms in total. The van der Waals surface area contributed by atoms with Gasteiger partial charge in [0.05, 0.1) is 0 Å². The number of carboxylic acid groups (broad SMARTS) is 1. The highest BCUT2D eigenvalue weighted by Crippen LogP contribution is 2.45. The van der Waals surface area contributed by atoms with Crippen LogP contribution in [0, 0.1) is 0 Å². The van der Waals surface area contributed by atoms with Crippen molar-refractivity contribution in [3.8, 4) is 0 Å². The van der Waals surface area contributed by atoms with Crippen molar-refractivity contribution in [3.05, 3.63) is 62.2 Å². The largest absolute Gasteiger partial charge is 0.477 e. The average Bonchev–Trinajstić information content (AvgIpc) is 3.76. The summed E-state index contributed by atoms with van der Waals surface area (Å²) in [5, 5.41) is 21.6. The number of rotatable bonds is 8. The molecule has 42 heavy (non-hydrogen) atoms. The Bertz CT molecular complexity index is 1580. The molecule has 15 heteroatoms. The number of nitrogens with zero attached hydrogens (tertiary/aromatic N) is 3. The van der Waals surface area contributed by atoms with Crippen molar-refractivity contribution < 1.29 is 24.3 Å². The SMILES string of the molecule is Nc1nc(/C(=N/OC2CCCC2)C(=O)N[C@@H]2C(=O)N3C(C(=O)O)=C(/C(=C4\CCNC4)c4cc[nH]c(=O)c4)CS[C@H]23)cs1. The molecule has 2 amide bonds. The lowest BCUT2D eigenvalue weighted by molar-refractivity contribution is -0.150. The van der Waals surface area contributed by atoms with Gasteiger partial charge >= 0.3 is 5.97 Å². The zero-order valence-corrected chi connectivity index (χ0v) is 24.1. The summed E-state index contributed by atoms with van der Waals surface area (Å²) in [6, 6.07) is 2.19. The summed E-state index contributed by atoms with van der Waals surface area (Å²) < 4.78 is 0. The first-order valence-corrected chi connectivity index (χ1v) is 15.5. The highest BCUT2D eigenvalue weighted by molar-refractivity contribution is 8.00. The number of aromatic amines is 1. The minimum Gasteiger partial charge on any atom is -0.477 e. The number of amides is 2. The summed E-state index contributed by atoms with van der Waals surface area (Å²) in [4.78, 5) is 65.3. The molecular formula is C27H29N7O6S2. The van der Waals surface area contributed by atoms with Crippen LogP contribution < -0.4 is 21.9 Å². The molecule has 3 fully saturated rings. The molecule has 3 aliphatic heterocycles. The summed E-state index contributed by atoms with van der Waals surface area (Å²) in [6.45, 7) is 1.27. The Balaban J connectivity index is 1.29. The number of thioether (sulfide) groups is 1. The second-order valence-electron chi connectivity index (χ2n) is 10.4. The first kappa shape index (κ1) is 28.2. The molecule has 4 aliphatic rings. The van der Waals surface area contributed by atoms with Gasteiger partial charge in [0.15, 0.2) is 10.8 Å². The van der Waals surface area contributed by atoms with Gasteiger partial charge in [0.1, 0.15) is 28.9 Å². The van der Waals surface area contributed by atoms with Crippen LogP contribution in [0.3, 0.4) is 0 Å². The topological polar surface area (TPSA) is 192 Å². The quantitative estimate of drug-likeness (QED) is 0.165. The number of pyridine rings is 1. The van der Waals surface area contributed by atoms with E-state index in [1.165, 1.54) is 28.9 Å². The van der Waals surface area contributed by atoms with Crippen molar-refractivity contribution in [1.82, 2.24) is 25.5 Å². The molecule has 5 heterocycles.